The SMILES string of the molecule is CCC(=O)C(C(=O)c1nc(Br)c(CCN(C)C(=O)OCc2ccccc2)nc1NCc1ccc(OC)cc1)N1CCN(C(=O)OC(C)(C)C)CC1. The molecule has 2 aromatic carbocycles. The molecular formula is C37H47BrN6O7. The predicted molar refractivity (Wildman–Crippen MR) is 196 cm³/mol. The summed E-state index contributed by atoms with van der Waals surface area (Å²) in [5.41, 5.74) is 1.66. The fourth-order valence-electron chi connectivity index (χ4n) is 5.36. The molecule has 1 atom stereocenters. The second-order valence-corrected chi connectivity index (χ2v) is 13.9. The van der Waals surface area contributed by atoms with E-state index in [4.69, 9.17) is 19.2 Å². The lowest BCUT2D eigenvalue weighted by atomic mass is 10.00. The van der Waals surface area contributed by atoms with Crippen LogP contribution in [-0.2, 0) is 33.8 Å². The first-order valence-corrected chi connectivity index (χ1v) is 17.7. The van der Waals surface area contributed by atoms with Crippen LogP contribution in [0.1, 0.15) is 61.4 Å². The average molecular weight is 768 g/mol. The topological polar surface area (TPSA) is 144 Å². The normalized spacial score (nSPS) is 14.0. The van der Waals surface area contributed by atoms with Crippen LogP contribution in [0.3, 0.4) is 0 Å². The van der Waals surface area contributed by atoms with Crippen molar-refractivity contribution in [3.63, 3.8) is 0 Å². The first kappa shape index (κ1) is 39.2. The molecule has 0 aliphatic carbocycles. The standard InChI is InChI=1S/C37H47BrN6O7/c1-7-29(45)31(43-19-21-44(22-20-43)36(48)51-37(2,3)4)32(46)30-34(39-23-25-13-15-27(49-6)16-14-25)40-28(33(38)41-30)17-18-42(5)35(47)50-24-26-11-9-8-10-12-26/h8-16,31H,7,17-24H2,1-6H3,(H,39,40). The van der Waals surface area contributed by atoms with E-state index < -0.39 is 29.6 Å². The number of carbonyl (C=O) groups is 4. The highest BCUT2D eigenvalue weighted by atomic mass is 79.9. The van der Waals surface area contributed by atoms with Gasteiger partial charge in [0.15, 0.2) is 17.3 Å². The van der Waals surface area contributed by atoms with Gasteiger partial charge < -0.3 is 29.3 Å². The Morgan fingerprint density at radius 1 is 0.961 bits per heavy atom. The fourth-order valence-corrected chi connectivity index (χ4v) is 5.82. The van der Waals surface area contributed by atoms with Gasteiger partial charge in [0.2, 0.25) is 5.78 Å². The second-order valence-electron chi connectivity index (χ2n) is 13.2. The summed E-state index contributed by atoms with van der Waals surface area (Å²) >= 11 is 3.50. The zero-order valence-electron chi connectivity index (χ0n) is 30.1. The van der Waals surface area contributed by atoms with Crippen molar-refractivity contribution >= 4 is 45.5 Å². The molecule has 3 aromatic rings. The highest BCUT2D eigenvalue weighted by Gasteiger charge is 2.38. The quantitative estimate of drug-likeness (QED) is 0.158. The van der Waals surface area contributed by atoms with Crippen LogP contribution in [0.15, 0.2) is 59.2 Å². The van der Waals surface area contributed by atoms with E-state index >= 15 is 0 Å². The van der Waals surface area contributed by atoms with E-state index in [2.05, 4.69) is 26.2 Å². The van der Waals surface area contributed by atoms with E-state index in [0.29, 0.717) is 55.2 Å². The zero-order chi connectivity index (χ0) is 37.1. The van der Waals surface area contributed by atoms with E-state index in [1.165, 1.54) is 4.90 Å². The summed E-state index contributed by atoms with van der Waals surface area (Å²) in [4.78, 5) is 67.4. The number of methoxy groups -OCH3 is 1. The first-order valence-electron chi connectivity index (χ1n) is 16.9. The molecule has 1 saturated heterocycles. The lowest BCUT2D eigenvalue weighted by molar-refractivity contribution is -0.122. The van der Waals surface area contributed by atoms with Gasteiger partial charge in [0.25, 0.3) is 0 Å². The fraction of sp³-hybridized carbons (Fsp3) is 0.459. The summed E-state index contributed by atoms with van der Waals surface area (Å²) in [5.74, 6) is 0.166. The largest absolute Gasteiger partial charge is 0.497 e. The van der Waals surface area contributed by atoms with Crippen molar-refractivity contribution < 1.29 is 33.4 Å². The smallest absolute Gasteiger partial charge is 0.410 e. The number of ether oxygens (including phenoxy) is 3. The number of carbonyl (C=O) groups excluding carboxylic acids is 4. The van der Waals surface area contributed by atoms with Gasteiger partial charge in [-0.1, -0.05) is 49.4 Å². The minimum absolute atomic E-state index is 0.0103. The molecule has 274 valence electrons. The van der Waals surface area contributed by atoms with Crippen LogP contribution in [0.2, 0.25) is 0 Å². The van der Waals surface area contributed by atoms with Crippen LogP contribution in [0.25, 0.3) is 0 Å². The third kappa shape index (κ3) is 11.2. The molecule has 13 nitrogen and oxygen atoms in total. The number of rotatable bonds is 14. The number of piperazine rings is 1. The Morgan fingerprint density at radius 3 is 2.24 bits per heavy atom. The van der Waals surface area contributed by atoms with Crippen molar-refractivity contribution in [2.45, 2.75) is 65.3 Å². The van der Waals surface area contributed by atoms with E-state index in [1.807, 2.05) is 54.6 Å². The Bertz CT molecular complexity index is 1660. The van der Waals surface area contributed by atoms with E-state index in [-0.39, 0.29) is 36.9 Å². The molecular weight excluding hydrogens is 720 g/mol. The monoisotopic (exact) mass is 766 g/mol. The molecule has 1 aromatic heterocycles. The van der Waals surface area contributed by atoms with Gasteiger partial charge in [0.1, 0.15) is 28.6 Å². The molecule has 51 heavy (non-hydrogen) atoms. The molecule has 0 radical (unpaired) electrons. The molecule has 2 heterocycles. The Morgan fingerprint density at radius 2 is 1.63 bits per heavy atom. The third-order valence-electron chi connectivity index (χ3n) is 8.21. The van der Waals surface area contributed by atoms with Crippen LogP contribution in [0.4, 0.5) is 15.4 Å². The Balaban J connectivity index is 1.55. The maximum Gasteiger partial charge on any atom is 0.410 e. The Hall–Kier alpha value is -4.56. The maximum absolute atomic E-state index is 14.4. The van der Waals surface area contributed by atoms with E-state index in [1.54, 1.807) is 51.7 Å². The number of Topliss-reactive ketones (excluding diaryl/α,β-unsaturated/α-hetero) is 2. The summed E-state index contributed by atoms with van der Waals surface area (Å²) in [6.45, 7) is 9.07. The van der Waals surface area contributed by atoms with Crippen molar-refractivity contribution in [3.05, 3.63) is 81.7 Å². The van der Waals surface area contributed by atoms with Gasteiger partial charge in [0, 0.05) is 59.2 Å². The summed E-state index contributed by atoms with van der Waals surface area (Å²) in [7, 11) is 3.23. The number of nitrogens with one attached hydrogen (secondary N) is 1. The Labute approximate surface area is 307 Å². The number of benzene rings is 2. The number of anilines is 1. The lowest BCUT2D eigenvalue weighted by Crippen LogP contribution is -2.57. The first-order chi connectivity index (χ1) is 24.3. The number of halogens is 1. The van der Waals surface area contributed by atoms with Gasteiger partial charge in [-0.25, -0.2) is 19.6 Å². The molecule has 2 amide bonds. The molecule has 1 N–H and O–H groups in total. The molecule has 1 aliphatic heterocycles. The van der Waals surface area contributed by atoms with Gasteiger partial charge in [-0.15, -0.1) is 0 Å². The van der Waals surface area contributed by atoms with Gasteiger partial charge in [-0.3, -0.25) is 14.5 Å². The molecule has 1 unspecified atom stereocenters. The van der Waals surface area contributed by atoms with Crippen LogP contribution >= 0.6 is 15.9 Å². The molecule has 14 heteroatoms. The number of ketones is 2. The maximum atomic E-state index is 14.4. The number of hydrogen-bond acceptors (Lipinski definition) is 11. The van der Waals surface area contributed by atoms with Gasteiger partial charge in [-0.05, 0) is 60.0 Å². The summed E-state index contributed by atoms with van der Waals surface area (Å²) < 4.78 is 16.6. The van der Waals surface area contributed by atoms with Crippen molar-refractivity contribution in [3.8, 4) is 5.75 Å². The Kier molecular flexibility index (Phi) is 13.9. The number of nitrogens with zero attached hydrogens (tertiary/aromatic N) is 5. The van der Waals surface area contributed by atoms with E-state index in [0.717, 1.165) is 11.1 Å². The van der Waals surface area contributed by atoms with Crippen molar-refractivity contribution in [1.82, 2.24) is 24.7 Å². The molecule has 1 aliphatic rings. The van der Waals surface area contributed by atoms with Crippen molar-refractivity contribution in [1.29, 1.82) is 0 Å². The molecule has 1 fully saturated rings. The predicted octanol–water partition coefficient (Wildman–Crippen LogP) is 5.75. The lowest BCUT2D eigenvalue weighted by Gasteiger charge is -2.38. The average Bonchev–Trinajstić information content (AvgIpc) is 3.12. The number of hydrogen-bond donors (Lipinski definition) is 1. The minimum Gasteiger partial charge on any atom is -0.497 e. The van der Waals surface area contributed by atoms with Crippen LogP contribution < -0.4 is 10.1 Å². The molecule has 0 bridgehead atoms. The third-order valence-corrected chi connectivity index (χ3v) is 8.84. The highest BCUT2D eigenvalue weighted by Crippen LogP contribution is 2.25. The van der Waals surface area contributed by atoms with Gasteiger partial charge in [-0.2, -0.15) is 0 Å². The van der Waals surface area contributed by atoms with Gasteiger partial charge in [0.05, 0.1) is 12.8 Å². The molecule has 0 spiro atoms. The van der Waals surface area contributed by atoms with Gasteiger partial charge >= 0.3 is 12.2 Å². The number of amides is 2. The summed E-state index contributed by atoms with van der Waals surface area (Å²) in [6, 6.07) is 15.8. The van der Waals surface area contributed by atoms with E-state index in [9.17, 15) is 19.2 Å². The highest BCUT2D eigenvalue weighted by molar-refractivity contribution is 9.10. The van der Waals surface area contributed by atoms with Crippen molar-refractivity contribution in [2.24, 2.45) is 0 Å². The summed E-state index contributed by atoms with van der Waals surface area (Å²) in [6.07, 6.45) is -0.478. The zero-order valence-corrected chi connectivity index (χ0v) is 31.7. The molecule has 0 saturated carbocycles. The van der Waals surface area contributed by atoms with Crippen LogP contribution in [-0.4, -0.2) is 107 Å². The number of likely N-dealkylation sites (N-methyl/N-ethyl adjacent to an activating group) is 1. The van der Waals surface area contributed by atoms with Crippen LogP contribution in [0, 0.1) is 0 Å². The summed E-state index contributed by atoms with van der Waals surface area (Å²) in [5, 5.41) is 3.26. The van der Waals surface area contributed by atoms with Crippen molar-refractivity contribution in [2.75, 3.05) is 52.2 Å². The van der Waals surface area contributed by atoms with Crippen LogP contribution in [0.5, 0.6) is 5.75 Å². The minimum atomic E-state index is -1.12. The molecule has 4 rings (SSSR count). The number of aromatic nitrogens is 2. The second kappa shape index (κ2) is 18.1.